The van der Waals surface area contributed by atoms with Crippen LogP contribution < -0.4 is 9.47 Å². The number of hydrogen-bond acceptors (Lipinski definition) is 4. The minimum absolute atomic E-state index is 0.0734. The standard InChI is InChI=1S/C16H22O6/c1-15(2,3)21-11-8-12(22-16(4,5)6)10(14(19)20)7-9(11)13(17)18/h7-8H,1-6H3,(H,17,18)(H,19,20). The van der Waals surface area contributed by atoms with E-state index in [1.165, 1.54) is 6.07 Å². The van der Waals surface area contributed by atoms with Crippen molar-refractivity contribution in [2.75, 3.05) is 0 Å². The number of hydrogen-bond donors (Lipinski definition) is 2. The van der Waals surface area contributed by atoms with E-state index in [0.29, 0.717) is 0 Å². The maximum atomic E-state index is 11.4. The van der Waals surface area contributed by atoms with Gasteiger partial charge >= 0.3 is 11.9 Å². The quantitative estimate of drug-likeness (QED) is 0.885. The largest absolute Gasteiger partial charge is 0.487 e. The molecule has 22 heavy (non-hydrogen) atoms. The van der Waals surface area contributed by atoms with E-state index in [4.69, 9.17) is 9.47 Å². The van der Waals surface area contributed by atoms with Gasteiger partial charge in [0.25, 0.3) is 0 Å². The van der Waals surface area contributed by atoms with Crippen molar-refractivity contribution in [3.8, 4) is 11.5 Å². The smallest absolute Gasteiger partial charge is 0.339 e. The maximum absolute atomic E-state index is 11.4. The summed E-state index contributed by atoms with van der Waals surface area (Å²) in [6.45, 7) is 10.6. The van der Waals surface area contributed by atoms with Gasteiger partial charge in [0.05, 0.1) is 0 Å². The van der Waals surface area contributed by atoms with E-state index >= 15 is 0 Å². The van der Waals surface area contributed by atoms with Crippen molar-refractivity contribution in [1.29, 1.82) is 0 Å². The van der Waals surface area contributed by atoms with Crippen molar-refractivity contribution in [2.24, 2.45) is 0 Å². The van der Waals surface area contributed by atoms with Gasteiger partial charge in [-0.05, 0) is 47.6 Å². The Kier molecular flexibility index (Phi) is 4.75. The third-order valence-electron chi connectivity index (χ3n) is 2.37. The second-order valence-corrected chi connectivity index (χ2v) is 6.88. The van der Waals surface area contributed by atoms with Gasteiger partial charge in [-0.2, -0.15) is 0 Å². The lowest BCUT2D eigenvalue weighted by molar-refractivity contribution is 0.0677. The fourth-order valence-electron chi connectivity index (χ4n) is 1.72. The zero-order chi connectivity index (χ0) is 17.3. The Morgan fingerprint density at radius 2 is 1.09 bits per heavy atom. The number of aromatic carboxylic acids is 2. The van der Waals surface area contributed by atoms with Crippen LogP contribution in [0.15, 0.2) is 12.1 Å². The fraction of sp³-hybridized carbons (Fsp3) is 0.500. The van der Waals surface area contributed by atoms with E-state index < -0.39 is 23.1 Å². The lowest BCUT2D eigenvalue weighted by Gasteiger charge is -2.26. The maximum Gasteiger partial charge on any atom is 0.339 e. The molecule has 2 N–H and O–H groups in total. The predicted molar refractivity (Wildman–Crippen MR) is 81.1 cm³/mol. The lowest BCUT2D eigenvalue weighted by atomic mass is 10.1. The zero-order valence-electron chi connectivity index (χ0n) is 13.7. The second kappa shape index (κ2) is 5.87. The second-order valence-electron chi connectivity index (χ2n) is 6.88. The molecule has 0 aromatic heterocycles. The first-order chi connectivity index (χ1) is 9.80. The average Bonchev–Trinajstić information content (AvgIpc) is 2.23. The van der Waals surface area contributed by atoms with Crippen molar-refractivity contribution in [3.63, 3.8) is 0 Å². The third-order valence-corrected chi connectivity index (χ3v) is 2.37. The summed E-state index contributed by atoms with van der Waals surface area (Å²) in [5.74, 6) is -2.37. The highest BCUT2D eigenvalue weighted by Gasteiger charge is 2.26. The molecule has 0 radical (unpaired) electrons. The molecular formula is C16H22O6. The molecule has 0 unspecified atom stereocenters. The summed E-state index contributed by atoms with van der Waals surface area (Å²) in [7, 11) is 0. The minimum atomic E-state index is -1.26. The lowest BCUT2D eigenvalue weighted by Crippen LogP contribution is -2.26. The van der Waals surface area contributed by atoms with Crippen LogP contribution in [-0.2, 0) is 0 Å². The summed E-state index contributed by atoms with van der Waals surface area (Å²) < 4.78 is 11.3. The first-order valence-electron chi connectivity index (χ1n) is 6.83. The SMILES string of the molecule is CC(C)(C)Oc1cc(OC(C)(C)C)c(C(=O)O)cc1C(=O)O. The van der Waals surface area contributed by atoms with Crippen LogP contribution in [0, 0.1) is 0 Å². The van der Waals surface area contributed by atoms with Crippen LogP contribution in [0.5, 0.6) is 11.5 Å². The van der Waals surface area contributed by atoms with Gasteiger partial charge in [-0.15, -0.1) is 0 Å². The molecule has 0 aliphatic heterocycles. The highest BCUT2D eigenvalue weighted by Crippen LogP contribution is 2.33. The van der Waals surface area contributed by atoms with Crippen LogP contribution in [0.3, 0.4) is 0 Å². The molecule has 0 fully saturated rings. The topological polar surface area (TPSA) is 93.1 Å². The molecule has 0 heterocycles. The van der Waals surface area contributed by atoms with Gasteiger partial charge in [-0.3, -0.25) is 0 Å². The van der Waals surface area contributed by atoms with Crippen molar-refractivity contribution in [2.45, 2.75) is 52.7 Å². The molecular weight excluding hydrogens is 288 g/mol. The van der Waals surface area contributed by atoms with E-state index in [1.807, 2.05) is 0 Å². The van der Waals surface area contributed by atoms with Crippen molar-refractivity contribution >= 4 is 11.9 Å². The summed E-state index contributed by atoms with van der Waals surface area (Å²) >= 11 is 0. The van der Waals surface area contributed by atoms with Crippen LogP contribution in [0.4, 0.5) is 0 Å². The number of rotatable bonds is 4. The molecule has 0 spiro atoms. The van der Waals surface area contributed by atoms with Crippen LogP contribution in [-0.4, -0.2) is 33.4 Å². The summed E-state index contributed by atoms with van der Waals surface area (Å²) in [5, 5.41) is 18.6. The summed E-state index contributed by atoms with van der Waals surface area (Å²) in [6, 6.07) is 2.39. The molecule has 0 saturated carbocycles. The van der Waals surface area contributed by atoms with Gasteiger partial charge in [0.1, 0.15) is 33.8 Å². The van der Waals surface area contributed by atoms with Crippen molar-refractivity contribution in [1.82, 2.24) is 0 Å². The number of ether oxygens (including phenoxy) is 2. The molecule has 0 amide bonds. The molecule has 0 bridgehead atoms. The molecule has 0 aliphatic rings. The molecule has 122 valence electrons. The van der Waals surface area contributed by atoms with E-state index in [9.17, 15) is 19.8 Å². The zero-order valence-corrected chi connectivity index (χ0v) is 13.7. The van der Waals surface area contributed by atoms with Gasteiger partial charge in [-0.25, -0.2) is 9.59 Å². The monoisotopic (exact) mass is 310 g/mol. The fourth-order valence-corrected chi connectivity index (χ4v) is 1.72. The Hall–Kier alpha value is -2.24. The van der Waals surface area contributed by atoms with Gasteiger partial charge in [-0.1, -0.05) is 0 Å². The van der Waals surface area contributed by atoms with E-state index in [0.717, 1.165) is 6.07 Å². The van der Waals surface area contributed by atoms with Gasteiger partial charge in [0.2, 0.25) is 0 Å². The number of carboxylic acid groups (broad SMARTS) is 2. The molecule has 6 nitrogen and oxygen atoms in total. The predicted octanol–water partition coefficient (Wildman–Crippen LogP) is 3.44. The van der Waals surface area contributed by atoms with E-state index in [1.54, 1.807) is 41.5 Å². The van der Waals surface area contributed by atoms with E-state index in [2.05, 4.69) is 0 Å². The van der Waals surface area contributed by atoms with Crippen molar-refractivity contribution < 1.29 is 29.3 Å². The number of carboxylic acids is 2. The van der Waals surface area contributed by atoms with Crippen LogP contribution >= 0.6 is 0 Å². The molecule has 0 aliphatic carbocycles. The van der Waals surface area contributed by atoms with Gasteiger partial charge in [0, 0.05) is 6.07 Å². The van der Waals surface area contributed by atoms with Gasteiger partial charge in [0.15, 0.2) is 0 Å². The van der Waals surface area contributed by atoms with E-state index in [-0.39, 0.29) is 22.6 Å². The highest BCUT2D eigenvalue weighted by atomic mass is 16.5. The number of benzene rings is 1. The Morgan fingerprint density at radius 3 is 1.32 bits per heavy atom. The summed E-state index contributed by atoms with van der Waals surface area (Å²) in [5.41, 5.74) is -1.69. The van der Waals surface area contributed by atoms with Crippen LogP contribution in [0.1, 0.15) is 62.3 Å². The van der Waals surface area contributed by atoms with Gasteiger partial charge < -0.3 is 19.7 Å². The Morgan fingerprint density at radius 1 is 0.773 bits per heavy atom. The Balaban J connectivity index is 3.51. The first kappa shape index (κ1) is 17.8. The third kappa shape index (κ3) is 4.95. The molecule has 0 saturated heterocycles. The van der Waals surface area contributed by atoms with Crippen LogP contribution in [0.25, 0.3) is 0 Å². The molecule has 1 aromatic rings. The first-order valence-corrected chi connectivity index (χ1v) is 6.83. The highest BCUT2D eigenvalue weighted by molar-refractivity contribution is 5.98. The molecule has 6 heteroatoms. The summed E-state index contributed by atoms with van der Waals surface area (Å²) in [6.07, 6.45) is 0. The number of carbonyl (C=O) groups is 2. The molecule has 1 aromatic carbocycles. The van der Waals surface area contributed by atoms with Crippen molar-refractivity contribution in [3.05, 3.63) is 23.3 Å². The molecule has 1 rings (SSSR count). The minimum Gasteiger partial charge on any atom is -0.487 e. The molecule has 0 atom stereocenters. The Bertz CT molecular complexity index is 541. The average molecular weight is 310 g/mol. The normalized spacial score (nSPS) is 11.9. The summed E-state index contributed by atoms with van der Waals surface area (Å²) in [4.78, 5) is 22.7. The Labute approximate surface area is 129 Å². The van der Waals surface area contributed by atoms with Crippen LogP contribution in [0.2, 0.25) is 0 Å².